The molecule has 0 saturated carbocycles. The van der Waals surface area contributed by atoms with Crippen LogP contribution >= 0.6 is 0 Å². The van der Waals surface area contributed by atoms with Gasteiger partial charge in [-0.3, -0.25) is 0 Å². The van der Waals surface area contributed by atoms with E-state index in [-0.39, 0.29) is 9.76 Å². The molecule has 54 valence electrons. The molecular weight excluding hydrogens is 144 g/mol. The Morgan fingerprint density at radius 3 is 2.11 bits per heavy atom. The lowest BCUT2D eigenvalue weighted by Crippen LogP contribution is -2.35. The first-order chi connectivity index (χ1) is 3.96. The Morgan fingerprint density at radius 1 is 1.44 bits per heavy atom. The molecule has 1 aliphatic rings. The fourth-order valence-electron chi connectivity index (χ4n) is 1.06. The summed E-state index contributed by atoms with van der Waals surface area (Å²) < 4.78 is 5.83. The van der Waals surface area contributed by atoms with Gasteiger partial charge in [0.1, 0.15) is 9.76 Å². The van der Waals surface area contributed by atoms with E-state index < -0.39 is 8.32 Å². The minimum Gasteiger partial charge on any atom is -0.460 e. The third-order valence-electron chi connectivity index (χ3n) is 2.82. The van der Waals surface area contributed by atoms with Gasteiger partial charge >= 0.3 is 0 Å². The van der Waals surface area contributed by atoms with Crippen LogP contribution in [0.1, 0.15) is 13.8 Å². The molecule has 0 amide bonds. The van der Waals surface area contributed by atoms with Gasteiger partial charge in [-0.1, -0.05) is 13.8 Å². The molecule has 0 aromatic heterocycles. The van der Waals surface area contributed by atoms with Crippen LogP contribution < -0.4 is 0 Å². The largest absolute Gasteiger partial charge is 0.460 e. The summed E-state index contributed by atoms with van der Waals surface area (Å²) in [5.41, 5.74) is 0. The smallest absolute Gasteiger partial charge is 0.178 e. The van der Waals surface area contributed by atoms with E-state index in [1.54, 1.807) is 0 Å². The number of hydrogen-bond acceptors (Lipinski definition) is 1. The molecule has 0 aromatic carbocycles. The van der Waals surface area contributed by atoms with Gasteiger partial charge in [-0.05, 0) is 24.2 Å². The maximum Gasteiger partial charge on any atom is 0.178 e. The summed E-state index contributed by atoms with van der Waals surface area (Å²) in [5.74, 6) is 0. The van der Waals surface area contributed by atoms with Gasteiger partial charge in [0.2, 0.25) is 0 Å². The van der Waals surface area contributed by atoms with Crippen molar-refractivity contribution in [1.29, 1.82) is 0 Å². The Balaban J connectivity index is 2.75. The standard InChI is InChI=1S/C6H16OSi2/c1-6(2)5-8-7-9(6,3)4/h5,8H2,1-4H3. The van der Waals surface area contributed by atoms with Crippen molar-refractivity contribution in [3.05, 3.63) is 0 Å². The molecule has 1 saturated heterocycles. The molecule has 0 aromatic rings. The molecule has 0 N–H and O–H groups in total. The van der Waals surface area contributed by atoms with Gasteiger partial charge in [0.15, 0.2) is 8.32 Å². The van der Waals surface area contributed by atoms with Crippen LogP contribution in [0.3, 0.4) is 0 Å². The van der Waals surface area contributed by atoms with Crippen molar-refractivity contribution in [2.24, 2.45) is 0 Å². The molecule has 1 heterocycles. The van der Waals surface area contributed by atoms with Gasteiger partial charge in [0, 0.05) is 0 Å². The Bertz CT molecular complexity index is 106. The average molecular weight is 160 g/mol. The highest BCUT2D eigenvalue weighted by Crippen LogP contribution is 2.45. The molecule has 1 aliphatic heterocycles. The average Bonchev–Trinajstić information content (AvgIpc) is 1.81. The molecule has 1 nitrogen and oxygen atoms in total. The summed E-state index contributed by atoms with van der Waals surface area (Å²) in [4.78, 5) is 0. The second-order valence-corrected chi connectivity index (χ2v) is 10.4. The van der Waals surface area contributed by atoms with Crippen molar-refractivity contribution >= 4 is 18.1 Å². The summed E-state index contributed by atoms with van der Waals surface area (Å²) in [6, 6.07) is 1.40. The zero-order valence-corrected chi connectivity index (χ0v) is 9.24. The van der Waals surface area contributed by atoms with E-state index in [0.717, 1.165) is 0 Å². The molecule has 1 rings (SSSR count). The molecule has 0 bridgehead atoms. The van der Waals surface area contributed by atoms with Crippen LogP contribution in [-0.2, 0) is 4.12 Å². The Labute approximate surface area is 60.9 Å². The molecule has 1 fully saturated rings. The third-order valence-corrected chi connectivity index (χ3v) is 12.0. The minimum absolute atomic E-state index is 0.103. The van der Waals surface area contributed by atoms with Crippen LogP contribution in [0.25, 0.3) is 0 Å². The number of rotatable bonds is 0. The summed E-state index contributed by atoms with van der Waals surface area (Å²) in [5, 5.41) is 0.569. The molecule has 0 aliphatic carbocycles. The van der Waals surface area contributed by atoms with Crippen molar-refractivity contribution in [3.63, 3.8) is 0 Å². The van der Waals surface area contributed by atoms with Gasteiger partial charge in [0.25, 0.3) is 0 Å². The zero-order valence-electron chi connectivity index (χ0n) is 6.82. The van der Waals surface area contributed by atoms with Crippen molar-refractivity contribution in [3.8, 4) is 0 Å². The third kappa shape index (κ3) is 1.13. The van der Waals surface area contributed by atoms with Gasteiger partial charge in [-0.2, -0.15) is 0 Å². The zero-order chi connectivity index (χ0) is 7.12. The fourth-order valence-corrected chi connectivity index (χ4v) is 8.29. The summed E-state index contributed by atoms with van der Waals surface area (Å²) in [7, 11) is -1.31. The lowest BCUT2D eigenvalue weighted by molar-refractivity contribution is 0.579. The predicted octanol–water partition coefficient (Wildman–Crippen LogP) is 1.50. The lowest BCUT2D eigenvalue weighted by Gasteiger charge is -2.30. The van der Waals surface area contributed by atoms with Gasteiger partial charge < -0.3 is 4.12 Å². The fraction of sp³-hybridized carbons (Fsp3) is 1.00. The van der Waals surface area contributed by atoms with Gasteiger partial charge in [0.05, 0.1) is 0 Å². The van der Waals surface area contributed by atoms with E-state index in [1.807, 2.05) is 0 Å². The highest BCUT2D eigenvalue weighted by molar-refractivity contribution is 6.81. The minimum atomic E-state index is -1.21. The molecule has 3 heteroatoms. The van der Waals surface area contributed by atoms with Gasteiger partial charge in [-0.15, -0.1) is 0 Å². The van der Waals surface area contributed by atoms with Crippen LogP contribution in [0.4, 0.5) is 0 Å². The molecule has 0 radical (unpaired) electrons. The SMILES string of the molecule is CC1(C)C[SiH2]O[Si]1(C)C. The Kier molecular flexibility index (Phi) is 1.61. The van der Waals surface area contributed by atoms with Gasteiger partial charge in [-0.25, -0.2) is 0 Å². The van der Waals surface area contributed by atoms with Crippen LogP contribution in [0, 0.1) is 0 Å². The van der Waals surface area contributed by atoms with E-state index in [9.17, 15) is 0 Å². The first kappa shape index (κ1) is 7.50. The van der Waals surface area contributed by atoms with E-state index in [0.29, 0.717) is 5.04 Å². The van der Waals surface area contributed by atoms with Crippen LogP contribution in [0.2, 0.25) is 24.2 Å². The summed E-state index contributed by atoms with van der Waals surface area (Å²) >= 11 is 0. The van der Waals surface area contributed by atoms with E-state index in [2.05, 4.69) is 26.9 Å². The molecule has 0 spiro atoms. The molecule has 0 unspecified atom stereocenters. The molecule has 9 heavy (non-hydrogen) atoms. The monoisotopic (exact) mass is 160 g/mol. The summed E-state index contributed by atoms with van der Waals surface area (Å²) in [6.45, 7) is 9.40. The summed E-state index contributed by atoms with van der Waals surface area (Å²) in [6.07, 6.45) is 0. The topological polar surface area (TPSA) is 9.23 Å². The normalized spacial score (nSPS) is 33.3. The first-order valence-corrected chi connectivity index (χ1v) is 8.08. The Morgan fingerprint density at radius 2 is 2.00 bits per heavy atom. The van der Waals surface area contributed by atoms with Crippen molar-refractivity contribution in [2.75, 3.05) is 0 Å². The van der Waals surface area contributed by atoms with E-state index in [4.69, 9.17) is 4.12 Å². The predicted molar refractivity (Wildman–Crippen MR) is 46.0 cm³/mol. The maximum atomic E-state index is 5.83. The second kappa shape index (κ2) is 1.94. The molecule has 0 atom stereocenters. The Hall–Kier alpha value is 0.394. The van der Waals surface area contributed by atoms with Crippen molar-refractivity contribution < 1.29 is 4.12 Å². The maximum absolute atomic E-state index is 5.83. The van der Waals surface area contributed by atoms with Crippen molar-refractivity contribution in [1.82, 2.24) is 0 Å². The first-order valence-electron chi connectivity index (χ1n) is 3.60. The lowest BCUT2D eigenvalue weighted by atomic mass is 10.2. The number of hydrogen-bond donors (Lipinski definition) is 0. The van der Waals surface area contributed by atoms with E-state index >= 15 is 0 Å². The van der Waals surface area contributed by atoms with E-state index in [1.165, 1.54) is 6.04 Å². The second-order valence-electron chi connectivity index (χ2n) is 3.99. The molecular formula is C6H16OSi2. The van der Waals surface area contributed by atoms with Crippen LogP contribution in [0.15, 0.2) is 0 Å². The van der Waals surface area contributed by atoms with Crippen molar-refractivity contribution in [2.45, 2.75) is 38.0 Å². The van der Waals surface area contributed by atoms with Crippen LogP contribution in [-0.4, -0.2) is 18.1 Å². The van der Waals surface area contributed by atoms with Crippen LogP contribution in [0.5, 0.6) is 0 Å². The highest BCUT2D eigenvalue weighted by Gasteiger charge is 2.44. The highest BCUT2D eigenvalue weighted by atomic mass is 28.4. The quantitative estimate of drug-likeness (QED) is 0.488.